The Balaban J connectivity index is 1.84. The average Bonchev–Trinajstić information content (AvgIpc) is 3.14. The molecule has 3 N–H and O–H groups in total. The zero-order valence-electron chi connectivity index (χ0n) is 15.6. The van der Waals surface area contributed by atoms with Gasteiger partial charge in [-0.3, -0.25) is 4.79 Å². The van der Waals surface area contributed by atoms with Crippen LogP contribution in [0.3, 0.4) is 0 Å². The van der Waals surface area contributed by atoms with Crippen molar-refractivity contribution in [2.75, 3.05) is 6.79 Å². The van der Waals surface area contributed by atoms with Gasteiger partial charge in [-0.15, -0.1) is 0 Å². The number of aryl methyl sites for hydroxylation is 1. The van der Waals surface area contributed by atoms with Crippen LogP contribution in [0.2, 0.25) is 0 Å². The molecule has 3 atom stereocenters. The van der Waals surface area contributed by atoms with Gasteiger partial charge in [-0.25, -0.2) is 4.79 Å². The lowest BCUT2D eigenvalue weighted by atomic mass is 9.77. The van der Waals surface area contributed by atoms with E-state index in [0.717, 1.165) is 5.56 Å². The van der Waals surface area contributed by atoms with Gasteiger partial charge in [0.15, 0.2) is 17.3 Å². The van der Waals surface area contributed by atoms with Crippen LogP contribution in [0.25, 0.3) is 0 Å². The summed E-state index contributed by atoms with van der Waals surface area (Å²) in [5.41, 5.74) is -2.85. The number of carbonyl (C=O) groups excluding carboxylic acids is 2. The third-order valence-corrected chi connectivity index (χ3v) is 5.18. The van der Waals surface area contributed by atoms with Crippen LogP contribution in [0.4, 0.5) is 18.0 Å². The number of fused-ring (bicyclic) bond motifs is 1. The van der Waals surface area contributed by atoms with Crippen LogP contribution in [0.15, 0.2) is 42.5 Å². The number of halogens is 3. The summed E-state index contributed by atoms with van der Waals surface area (Å²) in [6, 6.07) is 7.42. The summed E-state index contributed by atoms with van der Waals surface area (Å²) in [5, 5.41) is 14.4. The quantitative estimate of drug-likeness (QED) is 0.661. The number of nitrogens with one attached hydrogen (secondary N) is 2. The molecule has 2 aliphatic rings. The Morgan fingerprint density at radius 2 is 1.80 bits per heavy atom. The van der Waals surface area contributed by atoms with Gasteiger partial charge in [-0.05, 0) is 24.6 Å². The molecule has 0 aliphatic carbocycles. The van der Waals surface area contributed by atoms with Gasteiger partial charge in [-0.1, -0.05) is 35.9 Å². The molecule has 0 spiro atoms. The molecule has 2 aliphatic heterocycles. The second kappa shape index (κ2) is 6.91. The first-order valence-corrected chi connectivity index (χ1v) is 8.98. The van der Waals surface area contributed by atoms with Crippen LogP contribution in [-0.2, 0) is 0 Å². The minimum atomic E-state index is -5.32. The van der Waals surface area contributed by atoms with Crippen LogP contribution in [0.5, 0.6) is 11.5 Å². The number of urea groups is 1. The van der Waals surface area contributed by atoms with E-state index in [9.17, 15) is 27.9 Å². The Hall–Kier alpha value is -3.27. The van der Waals surface area contributed by atoms with Gasteiger partial charge >= 0.3 is 12.2 Å². The number of benzene rings is 2. The zero-order valence-corrected chi connectivity index (χ0v) is 15.6. The first-order chi connectivity index (χ1) is 14.1. The number of hydrogen-bond acceptors (Lipinski definition) is 5. The van der Waals surface area contributed by atoms with E-state index in [-0.39, 0.29) is 23.7 Å². The van der Waals surface area contributed by atoms with Crippen LogP contribution < -0.4 is 20.1 Å². The first kappa shape index (κ1) is 20.0. The van der Waals surface area contributed by atoms with E-state index in [0.29, 0.717) is 5.75 Å². The largest absolute Gasteiger partial charge is 0.454 e. The topological polar surface area (TPSA) is 96.9 Å². The van der Waals surface area contributed by atoms with Crippen molar-refractivity contribution in [3.63, 3.8) is 0 Å². The fourth-order valence-electron chi connectivity index (χ4n) is 3.62. The molecule has 2 heterocycles. The number of Topliss-reactive ketones (excluding diaryl/α,β-unsaturated/α-hetero) is 1. The van der Waals surface area contributed by atoms with Gasteiger partial charge < -0.3 is 25.2 Å². The van der Waals surface area contributed by atoms with E-state index in [2.05, 4.69) is 5.32 Å². The number of ether oxygens (including phenoxy) is 2. The lowest BCUT2D eigenvalue weighted by Gasteiger charge is -2.45. The number of amides is 2. The average molecular weight is 422 g/mol. The molecule has 30 heavy (non-hydrogen) atoms. The van der Waals surface area contributed by atoms with Crippen molar-refractivity contribution in [1.29, 1.82) is 0 Å². The second-order valence-corrected chi connectivity index (χ2v) is 7.16. The summed E-state index contributed by atoms with van der Waals surface area (Å²) in [7, 11) is 0. The Morgan fingerprint density at radius 1 is 1.13 bits per heavy atom. The van der Waals surface area contributed by atoms with Gasteiger partial charge in [0.05, 0.1) is 6.04 Å². The van der Waals surface area contributed by atoms with Crippen molar-refractivity contribution in [3.05, 3.63) is 59.2 Å². The third kappa shape index (κ3) is 3.22. The van der Waals surface area contributed by atoms with E-state index in [1.165, 1.54) is 35.6 Å². The molecule has 10 heteroatoms. The molecule has 2 amide bonds. The fraction of sp³-hybridized carbons (Fsp3) is 0.300. The number of aliphatic hydroxyl groups is 1. The maximum atomic E-state index is 13.9. The number of ketones is 1. The Labute approximate surface area is 168 Å². The predicted molar refractivity (Wildman–Crippen MR) is 97.0 cm³/mol. The Morgan fingerprint density at radius 3 is 2.47 bits per heavy atom. The molecule has 0 saturated carbocycles. The first-order valence-electron chi connectivity index (χ1n) is 8.98. The standard InChI is InChI=1S/C20H17F3N2O5/c1-10-2-4-11(5-3-10)17(26)15-16(12-6-7-13-14(8-12)30-9-29-13)24-18(27)25-19(15,28)20(21,22)23/h2-8,15-16,28H,9H2,1H3,(H2,24,25,27)/t15-,16-,19-/m1/s1. The smallest absolute Gasteiger partial charge is 0.437 e. The number of hydrogen-bond donors (Lipinski definition) is 3. The highest BCUT2D eigenvalue weighted by Crippen LogP contribution is 2.45. The van der Waals surface area contributed by atoms with Crippen LogP contribution in [0.1, 0.15) is 27.5 Å². The minimum absolute atomic E-state index is 0.0306. The molecule has 158 valence electrons. The lowest BCUT2D eigenvalue weighted by Crippen LogP contribution is -2.72. The van der Waals surface area contributed by atoms with E-state index in [4.69, 9.17) is 9.47 Å². The van der Waals surface area contributed by atoms with Gasteiger partial charge in [-0.2, -0.15) is 13.2 Å². The highest BCUT2D eigenvalue weighted by molar-refractivity contribution is 6.00. The molecule has 7 nitrogen and oxygen atoms in total. The predicted octanol–water partition coefficient (Wildman–Crippen LogP) is 2.83. The molecular formula is C20H17F3N2O5. The highest BCUT2D eigenvalue weighted by atomic mass is 19.4. The SMILES string of the molecule is Cc1ccc(C(=O)[C@H]2[C@@H](c3ccc4c(c3)OCO4)NC(=O)N[C@]2(O)C(F)(F)F)cc1. The molecule has 0 aromatic heterocycles. The number of rotatable bonds is 3. The Bertz CT molecular complexity index is 1010. The second-order valence-electron chi connectivity index (χ2n) is 7.16. The van der Waals surface area contributed by atoms with Gasteiger partial charge in [0.2, 0.25) is 12.5 Å². The lowest BCUT2D eigenvalue weighted by molar-refractivity contribution is -0.287. The van der Waals surface area contributed by atoms with E-state index in [1.807, 2.05) is 0 Å². The van der Waals surface area contributed by atoms with Crippen molar-refractivity contribution in [3.8, 4) is 11.5 Å². The molecule has 1 saturated heterocycles. The van der Waals surface area contributed by atoms with E-state index < -0.39 is 35.7 Å². The molecule has 0 radical (unpaired) electrons. The maximum Gasteiger partial charge on any atom is 0.437 e. The minimum Gasteiger partial charge on any atom is -0.454 e. The fourth-order valence-corrected chi connectivity index (χ4v) is 3.62. The third-order valence-electron chi connectivity index (χ3n) is 5.18. The van der Waals surface area contributed by atoms with E-state index >= 15 is 0 Å². The highest BCUT2D eigenvalue weighted by Gasteiger charge is 2.66. The molecular weight excluding hydrogens is 405 g/mol. The van der Waals surface area contributed by atoms with Crippen molar-refractivity contribution in [2.45, 2.75) is 24.9 Å². The van der Waals surface area contributed by atoms with Crippen LogP contribution >= 0.6 is 0 Å². The molecule has 0 bridgehead atoms. The zero-order chi connectivity index (χ0) is 21.7. The molecule has 2 aromatic rings. The summed E-state index contributed by atoms with van der Waals surface area (Å²) in [6.45, 7) is 1.70. The normalized spacial score (nSPS) is 25.4. The molecule has 4 rings (SSSR count). The summed E-state index contributed by atoms with van der Waals surface area (Å²) < 4.78 is 52.2. The summed E-state index contributed by atoms with van der Waals surface area (Å²) >= 11 is 0. The molecule has 1 fully saturated rings. The molecule has 2 aromatic carbocycles. The summed E-state index contributed by atoms with van der Waals surface area (Å²) in [4.78, 5) is 25.2. The van der Waals surface area contributed by atoms with Gasteiger partial charge in [0.1, 0.15) is 5.92 Å². The van der Waals surface area contributed by atoms with Gasteiger partial charge in [0.25, 0.3) is 0 Å². The van der Waals surface area contributed by atoms with Crippen LogP contribution in [-0.4, -0.2) is 35.6 Å². The van der Waals surface area contributed by atoms with Crippen LogP contribution in [0, 0.1) is 12.8 Å². The van der Waals surface area contributed by atoms with Crippen molar-refractivity contribution < 1.29 is 37.3 Å². The summed E-state index contributed by atoms with van der Waals surface area (Å²) in [6.07, 6.45) is -5.32. The number of carbonyl (C=O) groups is 2. The monoisotopic (exact) mass is 422 g/mol. The van der Waals surface area contributed by atoms with Crippen molar-refractivity contribution >= 4 is 11.8 Å². The number of alkyl halides is 3. The van der Waals surface area contributed by atoms with Gasteiger partial charge in [0, 0.05) is 5.56 Å². The molecule has 0 unspecified atom stereocenters. The summed E-state index contributed by atoms with van der Waals surface area (Å²) in [5.74, 6) is -2.44. The van der Waals surface area contributed by atoms with Crippen molar-refractivity contribution in [1.82, 2.24) is 10.6 Å². The van der Waals surface area contributed by atoms with E-state index in [1.54, 1.807) is 19.1 Å². The Kier molecular flexibility index (Phi) is 4.61. The van der Waals surface area contributed by atoms with Crippen molar-refractivity contribution in [2.24, 2.45) is 5.92 Å². The maximum absolute atomic E-state index is 13.9.